The Hall–Kier alpha value is -1.97. The second-order valence-corrected chi connectivity index (χ2v) is 12.8. The van der Waals surface area contributed by atoms with E-state index in [0.29, 0.717) is 5.92 Å². The third kappa shape index (κ3) is 7.33. The molecule has 2 atom stereocenters. The first-order valence-corrected chi connectivity index (χ1v) is 15.9. The van der Waals surface area contributed by atoms with Gasteiger partial charge in [0.2, 0.25) is 0 Å². The molecule has 1 aliphatic heterocycles. The highest BCUT2D eigenvalue weighted by molar-refractivity contribution is 8.34. The fourth-order valence-electron chi connectivity index (χ4n) is 5.33. The quantitative estimate of drug-likeness (QED) is 0.154. The van der Waals surface area contributed by atoms with Gasteiger partial charge in [-0.2, -0.15) is 0 Å². The Balaban J connectivity index is 1.65. The van der Waals surface area contributed by atoms with E-state index in [4.69, 9.17) is 0 Å². The number of allylic oxidation sites excluding steroid dienone is 2. The van der Waals surface area contributed by atoms with E-state index in [1.807, 2.05) is 23.5 Å². The molecule has 196 valence electrons. The van der Waals surface area contributed by atoms with Crippen LogP contribution in [-0.4, -0.2) is 6.29 Å². The average molecular weight is 531 g/mol. The predicted molar refractivity (Wildman–Crippen MR) is 165 cm³/mol. The molecule has 2 aliphatic rings. The van der Waals surface area contributed by atoms with Crippen molar-refractivity contribution < 1.29 is 4.79 Å². The van der Waals surface area contributed by atoms with Gasteiger partial charge in [-0.05, 0) is 78.7 Å². The Morgan fingerprint density at radius 1 is 0.784 bits per heavy atom. The SMILES string of the molecule is C=CC1CCC(C=O)CC1=C1SC(c2ccc(CCCCC)cc2)=C(c2ccc(CCCCC)cc2)S1. The van der Waals surface area contributed by atoms with Gasteiger partial charge >= 0.3 is 0 Å². The maximum absolute atomic E-state index is 11.7. The normalized spacial score (nSPS) is 19.9. The molecular formula is C34H42OS2. The van der Waals surface area contributed by atoms with E-state index >= 15 is 0 Å². The molecule has 1 aliphatic carbocycles. The van der Waals surface area contributed by atoms with Gasteiger partial charge in [0.25, 0.3) is 0 Å². The molecule has 2 aromatic rings. The number of unbranched alkanes of at least 4 members (excludes halogenated alkanes) is 4. The predicted octanol–water partition coefficient (Wildman–Crippen LogP) is 10.5. The summed E-state index contributed by atoms with van der Waals surface area (Å²) in [5.41, 5.74) is 6.86. The second-order valence-electron chi connectivity index (χ2n) is 10.5. The number of aryl methyl sites for hydroxylation is 2. The Bertz CT molecular complexity index is 1040. The van der Waals surface area contributed by atoms with Crippen LogP contribution in [-0.2, 0) is 17.6 Å². The zero-order chi connectivity index (χ0) is 26.0. The van der Waals surface area contributed by atoms with Crippen LogP contribution in [0.5, 0.6) is 0 Å². The lowest BCUT2D eigenvalue weighted by molar-refractivity contribution is -0.111. The fourth-order valence-corrected chi connectivity index (χ4v) is 8.28. The van der Waals surface area contributed by atoms with Crippen LogP contribution in [0.2, 0.25) is 0 Å². The zero-order valence-electron chi connectivity index (χ0n) is 22.6. The van der Waals surface area contributed by atoms with Crippen molar-refractivity contribution in [1.82, 2.24) is 0 Å². The summed E-state index contributed by atoms with van der Waals surface area (Å²) in [6, 6.07) is 18.5. The summed E-state index contributed by atoms with van der Waals surface area (Å²) >= 11 is 3.82. The molecular weight excluding hydrogens is 489 g/mol. The molecule has 0 N–H and O–H groups in total. The first-order valence-electron chi connectivity index (χ1n) is 14.3. The smallest absolute Gasteiger partial charge is 0.123 e. The lowest BCUT2D eigenvalue weighted by Crippen LogP contribution is -2.17. The van der Waals surface area contributed by atoms with Gasteiger partial charge in [0, 0.05) is 20.0 Å². The number of benzene rings is 2. The summed E-state index contributed by atoms with van der Waals surface area (Å²) in [7, 11) is 0. The van der Waals surface area contributed by atoms with Crippen molar-refractivity contribution in [2.75, 3.05) is 0 Å². The van der Waals surface area contributed by atoms with Crippen LogP contribution in [0.3, 0.4) is 0 Å². The molecule has 0 radical (unpaired) electrons. The number of aldehydes is 1. The molecule has 1 saturated carbocycles. The van der Waals surface area contributed by atoms with E-state index in [1.165, 1.54) is 80.4 Å². The summed E-state index contributed by atoms with van der Waals surface area (Å²) in [4.78, 5) is 14.4. The Kier molecular flexibility index (Phi) is 10.8. The molecule has 0 spiro atoms. The van der Waals surface area contributed by atoms with Crippen LogP contribution in [0.15, 0.2) is 71.0 Å². The minimum absolute atomic E-state index is 0.136. The lowest BCUT2D eigenvalue weighted by atomic mass is 9.79. The number of thioether (sulfide) groups is 2. The highest BCUT2D eigenvalue weighted by atomic mass is 32.2. The molecule has 0 saturated heterocycles. The van der Waals surface area contributed by atoms with Crippen molar-refractivity contribution in [3.8, 4) is 0 Å². The van der Waals surface area contributed by atoms with Gasteiger partial charge in [-0.15, -0.1) is 6.58 Å². The maximum atomic E-state index is 11.7. The Labute approximate surface area is 233 Å². The molecule has 0 amide bonds. The number of carbonyl (C=O) groups excluding carboxylic acids is 1. The third-order valence-electron chi connectivity index (χ3n) is 7.68. The molecule has 2 aromatic carbocycles. The standard InChI is InChI=1S/C34H42OS2/c1-4-7-9-11-25-13-19-29(20-14-25)32-33(30-21-15-26(16-22-30)12-10-8-5-2)37-34(36-32)31-23-27(24-35)17-18-28(31)6-3/h6,13-16,19-22,24,27-28H,3-5,7-12,17-18,23H2,1-2H3. The third-order valence-corrected chi connectivity index (χ3v) is 10.5. The van der Waals surface area contributed by atoms with Crippen molar-refractivity contribution in [1.29, 1.82) is 0 Å². The van der Waals surface area contributed by atoms with Gasteiger partial charge in [-0.1, -0.05) is 118 Å². The van der Waals surface area contributed by atoms with E-state index in [0.717, 1.165) is 38.4 Å². The van der Waals surface area contributed by atoms with E-state index in [-0.39, 0.29) is 5.92 Å². The minimum atomic E-state index is 0.136. The van der Waals surface area contributed by atoms with Gasteiger partial charge in [0.15, 0.2) is 0 Å². The van der Waals surface area contributed by atoms with Gasteiger partial charge < -0.3 is 4.79 Å². The molecule has 1 nitrogen and oxygen atoms in total. The van der Waals surface area contributed by atoms with Gasteiger partial charge in [0.05, 0.1) is 0 Å². The summed E-state index contributed by atoms with van der Waals surface area (Å²) in [6.07, 6.45) is 16.1. The Morgan fingerprint density at radius 2 is 1.30 bits per heavy atom. The van der Waals surface area contributed by atoms with Crippen molar-refractivity contribution in [3.63, 3.8) is 0 Å². The highest BCUT2D eigenvalue weighted by Crippen LogP contribution is 2.60. The topological polar surface area (TPSA) is 17.1 Å². The van der Waals surface area contributed by atoms with Gasteiger partial charge in [-0.25, -0.2) is 0 Å². The lowest BCUT2D eigenvalue weighted by Gasteiger charge is -2.28. The molecule has 2 unspecified atom stereocenters. The van der Waals surface area contributed by atoms with Crippen LogP contribution in [0.1, 0.15) is 93.9 Å². The zero-order valence-corrected chi connectivity index (χ0v) is 24.3. The molecule has 37 heavy (non-hydrogen) atoms. The van der Waals surface area contributed by atoms with Gasteiger partial charge in [-0.3, -0.25) is 0 Å². The van der Waals surface area contributed by atoms with E-state index < -0.39 is 0 Å². The molecule has 4 rings (SSSR count). The summed E-state index contributed by atoms with van der Waals surface area (Å²) in [5, 5.41) is 0. The van der Waals surface area contributed by atoms with Crippen LogP contribution in [0, 0.1) is 11.8 Å². The molecule has 0 bridgehead atoms. The summed E-state index contributed by atoms with van der Waals surface area (Å²) < 4.78 is 1.36. The van der Waals surface area contributed by atoms with E-state index in [2.05, 4.69) is 75.0 Å². The summed E-state index contributed by atoms with van der Waals surface area (Å²) in [6.45, 7) is 8.66. The number of hydrogen-bond donors (Lipinski definition) is 0. The van der Waals surface area contributed by atoms with Crippen LogP contribution in [0.25, 0.3) is 9.81 Å². The van der Waals surface area contributed by atoms with Crippen molar-refractivity contribution in [3.05, 3.63) is 93.2 Å². The molecule has 0 aromatic heterocycles. The highest BCUT2D eigenvalue weighted by Gasteiger charge is 2.31. The molecule has 3 heteroatoms. The number of hydrogen-bond acceptors (Lipinski definition) is 3. The minimum Gasteiger partial charge on any atom is -0.303 e. The largest absolute Gasteiger partial charge is 0.303 e. The summed E-state index contributed by atoms with van der Waals surface area (Å²) in [5.74, 6) is 0.505. The fraction of sp³-hybridized carbons (Fsp3) is 0.441. The molecule has 1 heterocycles. The number of carbonyl (C=O) groups is 1. The van der Waals surface area contributed by atoms with Crippen LogP contribution in [0.4, 0.5) is 0 Å². The van der Waals surface area contributed by atoms with Crippen molar-refractivity contribution >= 4 is 39.6 Å². The molecule has 1 fully saturated rings. The van der Waals surface area contributed by atoms with Gasteiger partial charge in [0.1, 0.15) is 6.29 Å². The number of rotatable bonds is 12. The van der Waals surface area contributed by atoms with Crippen molar-refractivity contribution in [2.24, 2.45) is 11.8 Å². The first-order chi connectivity index (χ1) is 18.2. The Morgan fingerprint density at radius 3 is 1.73 bits per heavy atom. The average Bonchev–Trinajstić information content (AvgIpc) is 3.39. The van der Waals surface area contributed by atoms with Crippen molar-refractivity contribution in [2.45, 2.75) is 84.5 Å². The second kappa shape index (κ2) is 14.3. The monoisotopic (exact) mass is 530 g/mol. The van der Waals surface area contributed by atoms with Crippen LogP contribution >= 0.6 is 23.5 Å². The van der Waals surface area contributed by atoms with E-state index in [9.17, 15) is 4.79 Å². The maximum Gasteiger partial charge on any atom is 0.123 e. The van der Waals surface area contributed by atoms with Crippen LogP contribution < -0.4 is 0 Å². The van der Waals surface area contributed by atoms with E-state index in [1.54, 1.807) is 0 Å². The first kappa shape index (κ1) is 28.0.